The second-order valence-corrected chi connectivity index (χ2v) is 9.23. The standard InChI is InChI=1S/C11H24O7S2/c1-5-9(6-12)18-7-10(17-2)11(20(4,15)16)8-19(3,13)14/h9-12H,5-8H2,1-4H3. The van der Waals surface area contributed by atoms with Crippen LogP contribution in [-0.2, 0) is 29.1 Å². The highest BCUT2D eigenvalue weighted by atomic mass is 32.2. The minimum atomic E-state index is -3.62. The number of ether oxygens (including phenoxy) is 2. The van der Waals surface area contributed by atoms with Gasteiger partial charge in [0.25, 0.3) is 0 Å². The lowest BCUT2D eigenvalue weighted by Gasteiger charge is -2.25. The maximum atomic E-state index is 11.7. The Labute approximate surface area is 121 Å². The molecular weight excluding hydrogens is 308 g/mol. The van der Waals surface area contributed by atoms with Crippen LogP contribution >= 0.6 is 0 Å². The molecular formula is C11H24O7S2. The first kappa shape index (κ1) is 19.8. The first-order chi connectivity index (χ1) is 9.05. The van der Waals surface area contributed by atoms with E-state index in [1.54, 1.807) is 0 Å². The van der Waals surface area contributed by atoms with Crippen LogP contribution in [0.25, 0.3) is 0 Å². The van der Waals surface area contributed by atoms with E-state index in [-0.39, 0.29) is 13.2 Å². The Bertz CT molecular complexity index is 465. The minimum absolute atomic E-state index is 0.0944. The molecule has 0 aromatic heterocycles. The molecule has 0 radical (unpaired) electrons. The molecule has 0 amide bonds. The van der Waals surface area contributed by atoms with Gasteiger partial charge >= 0.3 is 0 Å². The molecule has 0 aliphatic heterocycles. The summed E-state index contributed by atoms with van der Waals surface area (Å²) in [5, 5.41) is 7.82. The molecule has 0 rings (SSSR count). The van der Waals surface area contributed by atoms with E-state index < -0.39 is 42.9 Å². The third-order valence-electron chi connectivity index (χ3n) is 2.89. The van der Waals surface area contributed by atoms with Crippen LogP contribution in [0, 0.1) is 0 Å². The number of aliphatic hydroxyl groups is 1. The molecule has 0 saturated carbocycles. The monoisotopic (exact) mass is 332 g/mol. The van der Waals surface area contributed by atoms with Gasteiger partial charge in [0.05, 0.1) is 31.2 Å². The van der Waals surface area contributed by atoms with Crippen LogP contribution in [0.2, 0.25) is 0 Å². The van der Waals surface area contributed by atoms with Crippen LogP contribution in [0.1, 0.15) is 13.3 Å². The van der Waals surface area contributed by atoms with Crippen LogP contribution in [0.3, 0.4) is 0 Å². The van der Waals surface area contributed by atoms with Crippen molar-refractivity contribution in [3.63, 3.8) is 0 Å². The molecule has 0 spiro atoms. The SMILES string of the molecule is CCC(CO)OCC(OC)C(CS(C)(=O)=O)S(C)(=O)=O. The summed E-state index contributed by atoms with van der Waals surface area (Å²) in [5.41, 5.74) is 0. The molecule has 3 atom stereocenters. The summed E-state index contributed by atoms with van der Waals surface area (Å²) < 4.78 is 56.6. The number of sulfone groups is 2. The summed E-state index contributed by atoms with van der Waals surface area (Å²) in [5.74, 6) is -0.524. The highest BCUT2D eigenvalue weighted by Gasteiger charge is 2.34. The third-order valence-corrected chi connectivity index (χ3v) is 5.64. The molecule has 1 N–H and O–H groups in total. The molecule has 0 saturated heterocycles. The van der Waals surface area contributed by atoms with E-state index in [0.29, 0.717) is 6.42 Å². The molecule has 20 heavy (non-hydrogen) atoms. The van der Waals surface area contributed by atoms with Crippen molar-refractivity contribution >= 4 is 19.7 Å². The van der Waals surface area contributed by atoms with Gasteiger partial charge in [0.1, 0.15) is 15.1 Å². The van der Waals surface area contributed by atoms with E-state index in [1.165, 1.54) is 7.11 Å². The van der Waals surface area contributed by atoms with E-state index in [2.05, 4.69) is 0 Å². The van der Waals surface area contributed by atoms with Crippen molar-refractivity contribution < 1.29 is 31.4 Å². The fourth-order valence-electron chi connectivity index (χ4n) is 1.66. The molecule has 0 bridgehead atoms. The smallest absolute Gasteiger partial charge is 0.153 e. The summed E-state index contributed by atoms with van der Waals surface area (Å²) in [7, 11) is -5.79. The van der Waals surface area contributed by atoms with Crippen molar-refractivity contribution in [2.24, 2.45) is 0 Å². The second kappa shape index (κ2) is 8.28. The Kier molecular flexibility index (Phi) is 8.19. The molecule has 0 aromatic rings. The van der Waals surface area contributed by atoms with Crippen LogP contribution in [0.15, 0.2) is 0 Å². The Morgan fingerprint density at radius 3 is 2.00 bits per heavy atom. The van der Waals surface area contributed by atoms with Gasteiger partial charge in [-0.05, 0) is 6.42 Å². The maximum absolute atomic E-state index is 11.7. The molecule has 9 heteroatoms. The van der Waals surface area contributed by atoms with Gasteiger partial charge in [0, 0.05) is 19.6 Å². The highest BCUT2D eigenvalue weighted by Crippen LogP contribution is 2.13. The molecule has 7 nitrogen and oxygen atoms in total. The summed E-state index contributed by atoms with van der Waals surface area (Å²) in [6.45, 7) is 1.53. The van der Waals surface area contributed by atoms with Crippen molar-refractivity contribution in [3.05, 3.63) is 0 Å². The Morgan fingerprint density at radius 2 is 1.70 bits per heavy atom. The lowest BCUT2D eigenvalue weighted by atomic mass is 10.2. The highest BCUT2D eigenvalue weighted by molar-refractivity contribution is 7.94. The van der Waals surface area contributed by atoms with Crippen LogP contribution in [0.4, 0.5) is 0 Å². The van der Waals surface area contributed by atoms with Gasteiger partial charge in [-0.3, -0.25) is 0 Å². The average molecular weight is 332 g/mol. The Morgan fingerprint density at radius 1 is 1.15 bits per heavy atom. The molecule has 122 valence electrons. The molecule has 3 unspecified atom stereocenters. The first-order valence-corrected chi connectivity index (χ1v) is 10.2. The van der Waals surface area contributed by atoms with E-state index in [1.807, 2.05) is 6.92 Å². The van der Waals surface area contributed by atoms with Crippen molar-refractivity contribution in [3.8, 4) is 0 Å². The fraction of sp³-hybridized carbons (Fsp3) is 1.00. The van der Waals surface area contributed by atoms with Crippen LogP contribution in [-0.4, -0.2) is 78.0 Å². The van der Waals surface area contributed by atoms with Gasteiger partial charge in [0.15, 0.2) is 9.84 Å². The third kappa shape index (κ3) is 7.53. The van der Waals surface area contributed by atoms with E-state index >= 15 is 0 Å². The number of hydrogen-bond donors (Lipinski definition) is 1. The first-order valence-electron chi connectivity index (χ1n) is 6.17. The van der Waals surface area contributed by atoms with Gasteiger partial charge < -0.3 is 14.6 Å². The molecule has 0 fully saturated rings. The molecule has 0 heterocycles. The van der Waals surface area contributed by atoms with Crippen molar-refractivity contribution in [2.45, 2.75) is 30.8 Å². The zero-order valence-electron chi connectivity index (χ0n) is 12.3. The number of hydrogen-bond acceptors (Lipinski definition) is 7. The predicted octanol–water partition coefficient (Wildman–Crippen LogP) is -0.753. The number of aliphatic hydroxyl groups excluding tert-OH is 1. The maximum Gasteiger partial charge on any atom is 0.153 e. The van der Waals surface area contributed by atoms with Gasteiger partial charge in [-0.25, -0.2) is 16.8 Å². The normalized spacial score (nSPS) is 17.6. The summed E-state index contributed by atoms with van der Waals surface area (Å²) in [6.07, 6.45) is 1.17. The summed E-state index contributed by atoms with van der Waals surface area (Å²) in [6, 6.07) is 0. The van der Waals surface area contributed by atoms with E-state index in [9.17, 15) is 16.8 Å². The van der Waals surface area contributed by atoms with E-state index in [0.717, 1.165) is 12.5 Å². The quantitative estimate of drug-likeness (QED) is 0.561. The topological polar surface area (TPSA) is 107 Å². The largest absolute Gasteiger partial charge is 0.394 e. The van der Waals surface area contributed by atoms with Crippen molar-refractivity contribution in [2.75, 3.05) is 38.6 Å². The lowest BCUT2D eigenvalue weighted by Crippen LogP contribution is -2.43. The lowest BCUT2D eigenvalue weighted by molar-refractivity contribution is -0.0453. The number of methoxy groups -OCH3 is 1. The minimum Gasteiger partial charge on any atom is -0.394 e. The zero-order valence-corrected chi connectivity index (χ0v) is 13.9. The van der Waals surface area contributed by atoms with Gasteiger partial charge in [-0.1, -0.05) is 6.92 Å². The zero-order chi connectivity index (χ0) is 16.0. The molecule has 0 aromatic carbocycles. The molecule has 0 aliphatic rings. The van der Waals surface area contributed by atoms with Gasteiger partial charge in [-0.15, -0.1) is 0 Å². The number of rotatable bonds is 10. The summed E-state index contributed by atoms with van der Waals surface area (Å²) >= 11 is 0. The Hall–Kier alpha value is -0.220. The molecule has 0 aliphatic carbocycles. The van der Waals surface area contributed by atoms with Gasteiger partial charge in [-0.2, -0.15) is 0 Å². The second-order valence-electron chi connectivity index (χ2n) is 4.78. The van der Waals surface area contributed by atoms with Crippen LogP contribution < -0.4 is 0 Å². The van der Waals surface area contributed by atoms with Crippen molar-refractivity contribution in [1.29, 1.82) is 0 Å². The van der Waals surface area contributed by atoms with Gasteiger partial charge in [0.2, 0.25) is 0 Å². The predicted molar refractivity (Wildman–Crippen MR) is 76.3 cm³/mol. The van der Waals surface area contributed by atoms with Crippen LogP contribution in [0.5, 0.6) is 0 Å². The fourth-order valence-corrected chi connectivity index (χ4v) is 4.95. The summed E-state index contributed by atoms with van der Waals surface area (Å²) in [4.78, 5) is 0. The van der Waals surface area contributed by atoms with Crippen molar-refractivity contribution in [1.82, 2.24) is 0 Å². The Balaban J connectivity index is 5.02. The van der Waals surface area contributed by atoms with E-state index in [4.69, 9.17) is 14.6 Å². The average Bonchev–Trinajstić information content (AvgIpc) is 2.30.